The molecule has 1 atom stereocenters. The van der Waals surface area contributed by atoms with Crippen molar-refractivity contribution in [3.05, 3.63) is 35.4 Å². The zero-order valence-corrected chi connectivity index (χ0v) is 8.06. The smallest absolute Gasteiger partial charge is 0.130 e. The van der Waals surface area contributed by atoms with E-state index in [0.717, 1.165) is 12.6 Å². The monoisotopic (exact) mass is 200 g/mol. The first-order valence-corrected chi connectivity index (χ1v) is 4.56. The summed E-state index contributed by atoms with van der Waals surface area (Å²) in [4.78, 5) is 0. The van der Waals surface area contributed by atoms with Gasteiger partial charge in [0.2, 0.25) is 0 Å². The van der Waals surface area contributed by atoms with Gasteiger partial charge >= 0.3 is 0 Å². The fourth-order valence-corrected chi connectivity index (χ4v) is 1.21. The molecule has 1 rings (SSSR count). The molecule has 0 saturated carbocycles. The highest BCUT2D eigenvalue weighted by atomic mass is 19.1. The third-order valence-electron chi connectivity index (χ3n) is 1.98. The lowest BCUT2D eigenvalue weighted by molar-refractivity contribution is 0.540. The number of benzene rings is 1. The third kappa shape index (κ3) is 2.75. The molecule has 0 saturated heterocycles. The predicted molar refractivity (Wildman–Crippen MR) is 51.8 cm³/mol. The summed E-state index contributed by atoms with van der Waals surface area (Å²) in [6.07, 6.45) is 0. The van der Waals surface area contributed by atoms with Crippen LogP contribution in [0.4, 0.5) is 8.78 Å². The van der Waals surface area contributed by atoms with Gasteiger partial charge in [0.15, 0.2) is 0 Å². The number of nitrogens with one attached hydrogen (secondary N) is 1. The second-order valence-corrected chi connectivity index (χ2v) is 3.08. The van der Waals surface area contributed by atoms with Crippen LogP contribution in [0.15, 0.2) is 18.2 Å². The molecule has 0 spiro atoms. The van der Waals surface area contributed by atoms with Crippen molar-refractivity contribution in [2.45, 2.75) is 13.0 Å². The minimum absolute atomic E-state index is 0.340. The molecule has 3 N–H and O–H groups in total. The van der Waals surface area contributed by atoms with Gasteiger partial charge in [0, 0.05) is 24.2 Å². The summed E-state index contributed by atoms with van der Waals surface area (Å²) in [7, 11) is 0. The van der Waals surface area contributed by atoms with Crippen LogP contribution in [0.5, 0.6) is 0 Å². The minimum Gasteiger partial charge on any atom is -0.323 e. The maximum absolute atomic E-state index is 13.2. The van der Waals surface area contributed by atoms with E-state index in [1.54, 1.807) is 0 Å². The quantitative estimate of drug-likeness (QED) is 0.774. The van der Waals surface area contributed by atoms with Crippen molar-refractivity contribution >= 4 is 0 Å². The Kier molecular flexibility index (Phi) is 3.98. The number of hydrogen-bond acceptors (Lipinski definition) is 2. The second kappa shape index (κ2) is 5.02. The van der Waals surface area contributed by atoms with E-state index >= 15 is 0 Å². The number of nitrogens with two attached hydrogens (primary N) is 1. The maximum Gasteiger partial charge on any atom is 0.130 e. The number of halogens is 2. The summed E-state index contributed by atoms with van der Waals surface area (Å²) in [6, 6.07) is 3.01. The van der Waals surface area contributed by atoms with Crippen molar-refractivity contribution in [3.63, 3.8) is 0 Å². The summed E-state index contributed by atoms with van der Waals surface area (Å²) in [5.74, 6) is -1.17. The van der Waals surface area contributed by atoms with E-state index in [-0.39, 0.29) is 0 Å². The molecule has 1 unspecified atom stereocenters. The van der Waals surface area contributed by atoms with Gasteiger partial charge in [-0.05, 0) is 12.6 Å². The molecule has 2 nitrogen and oxygen atoms in total. The average molecular weight is 200 g/mol. The van der Waals surface area contributed by atoms with Crippen molar-refractivity contribution in [1.82, 2.24) is 5.32 Å². The number of rotatable bonds is 4. The Morgan fingerprint density at radius 2 is 2.14 bits per heavy atom. The number of hydrogen-bond donors (Lipinski definition) is 2. The molecule has 0 aliphatic carbocycles. The van der Waals surface area contributed by atoms with E-state index in [1.165, 1.54) is 12.1 Å². The SMILES string of the molecule is CCNCC(N)c1ccc(F)cc1F. The lowest BCUT2D eigenvalue weighted by Gasteiger charge is -2.12. The van der Waals surface area contributed by atoms with Gasteiger partial charge in [0.1, 0.15) is 11.6 Å². The molecule has 0 bridgehead atoms. The molecule has 4 heteroatoms. The van der Waals surface area contributed by atoms with Crippen LogP contribution >= 0.6 is 0 Å². The molecule has 0 aliphatic heterocycles. The Bertz CT molecular complexity index is 302. The van der Waals surface area contributed by atoms with Crippen molar-refractivity contribution in [3.8, 4) is 0 Å². The lowest BCUT2D eigenvalue weighted by Crippen LogP contribution is -2.27. The van der Waals surface area contributed by atoms with Crippen LogP contribution in [-0.4, -0.2) is 13.1 Å². The van der Waals surface area contributed by atoms with Crippen LogP contribution < -0.4 is 11.1 Å². The van der Waals surface area contributed by atoms with Crippen LogP contribution in [0.25, 0.3) is 0 Å². The molecule has 0 amide bonds. The standard InChI is InChI=1S/C10H14F2N2/c1-2-14-6-10(13)8-4-3-7(11)5-9(8)12/h3-5,10,14H,2,6,13H2,1H3. The summed E-state index contributed by atoms with van der Waals surface area (Å²) in [6.45, 7) is 3.20. The van der Waals surface area contributed by atoms with Gasteiger partial charge in [0.25, 0.3) is 0 Å². The van der Waals surface area contributed by atoms with Crippen LogP contribution in [-0.2, 0) is 0 Å². The van der Waals surface area contributed by atoms with Crippen LogP contribution in [0.1, 0.15) is 18.5 Å². The van der Waals surface area contributed by atoms with Crippen molar-refractivity contribution in [2.75, 3.05) is 13.1 Å². The van der Waals surface area contributed by atoms with Crippen LogP contribution in [0.2, 0.25) is 0 Å². The Morgan fingerprint density at radius 1 is 1.43 bits per heavy atom. The van der Waals surface area contributed by atoms with Gasteiger partial charge in [-0.25, -0.2) is 8.78 Å². The normalized spacial score (nSPS) is 12.9. The number of likely N-dealkylation sites (N-methyl/N-ethyl adjacent to an activating group) is 1. The van der Waals surface area contributed by atoms with Gasteiger partial charge in [0.05, 0.1) is 0 Å². The first kappa shape index (κ1) is 11.1. The van der Waals surface area contributed by atoms with Crippen molar-refractivity contribution in [2.24, 2.45) is 5.73 Å². The Labute approximate surface area is 82.1 Å². The van der Waals surface area contributed by atoms with Gasteiger partial charge in [-0.1, -0.05) is 13.0 Å². The van der Waals surface area contributed by atoms with E-state index < -0.39 is 17.7 Å². The summed E-state index contributed by atoms with van der Waals surface area (Å²) in [5, 5.41) is 3.00. The minimum atomic E-state index is -0.588. The van der Waals surface area contributed by atoms with Gasteiger partial charge < -0.3 is 11.1 Å². The lowest BCUT2D eigenvalue weighted by atomic mass is 10.1. The highest BCUT2D eigenvalue weighted by molar-refractivity contribution is 5.22. The first-order chi connectivity index (χ1) is 6.65. The fraction of sp³-hybridized carbons (Fsp3) is 0.400. The molecule has 0 aromatic heterocycles. The molecular formula is C10H14F2N2. The molecule has 0 heterocycles. The molecule has 0 fully saturated rings. The molecule has 0 aliphatic rings. The summed E-state index contributed by atoms with van der Waals surface area (Å²) < 4.78 is 25.7. The van der Waals surface area contributed by atoms with E-state index in [0.29, 0.717) is 12.1 Å². The summed E-state index contributed by atoms with van der Waals surface area (Å²) in [5.41, 5.74) is 6.05. The van der Waals surface area contributed by atoms with Gasteiger partial charge in [-0.2, -0.15) is 0 Å². The van der Waals surface area contributed by atoms with E-state index in [4.69, 9.17) is 5.73 Å². The largest absolute Gasteiger partial charge is 0.323 e. The first-order valence-electron chi connectivity index (χ1n) is 4.56. The van der Waals surface area contributed by atoms with E-state index in [2.05, 4.69) is 5.32 Å². The van der Waals surface area contributed by atoms with Gasteiger partial charge in [-0.15, -0.1) is 0 Å². The van der Waals surface area contributed by atoms with Crippen LogP contribution in [0.3, 0.4) is 0 Å². The molecule has 1 aromatic rings. The van der Waals surface area contributed by atoms with Crippen LogP contribution in [0, 0.1) is 11.6 Å². The Morgan fingerprint density at radius 3 is 2.71 bits per heavy atom. The molecular weight excluding hydrogens is 186 g/mol. The molecule has 1 aromatic carbocycles. The third-order valence-corrected chi connectivity index (χ3v) is 1.98. The molecule has 0 radical (unpaired) electrons. The summed E-state index contributed by atoms with van der Waals surface area (Å²) >= 11 is 0. The Hall–Kier alpha value is -1.00. The fourth-order valence-electron chi connectivity index (χ4n) is 1.21. The molecule has 78 valence electrons. The average Bonchev–Trinajstić information content (AvgIpc) is 2.14. The Balaban J connectivity index is 2.74. The second-order valence-electron chi connectivity index (χ2n) is 3.08. The van der Waals surface area contributed by atoms with E-state index in [1.807, 2.05) is 6.92 Å². The van der Waals surface area contributed by atoms with Gasteiger partial charge in [-0.3, -0.25) is 0 Å². The maximum atomic E-state index is 13.2. The van der Waals surface area contributed by atoms with Crippen molar-refractivity contribution < 1.29 is 8.78 Å². The van der Waals surface area contributed by atoms with E-state index in [9.17, 15) is 8.78 Å². The molecule has 14 heavy (non-hydrogen) atoms. The zero-order chi connectivity index (χ0) is 10.6. The van der Waals surface area contributed by atoms with Crippen molar-refractivity contribution in [1.29, 1.82) is 0 Å². The zero-order valence-electron chi connectivity index (χ0n) is 8.06. The topological polar surface area (TPSA) is 38.0 Å². The predicted octanol–water partition coefficient (Wildman–Crippen LogP) is 1.57. The highest BCUT2D eigenvalue weighted by Crippen LogP contribution is 2.15. The highest BCUT2D eigenvalue weighted by Gasteiger charge is 2.11.